The van der Waals surface area contributed by atoms with E-state index in [1.807, 2.05) is 50.2 Å². The maximum atomic E-state index is 12.2. The number of carbonyl (C=O) groups excluding carboxylic acids is 1. The van der Waals surface area contributed by atoms with Gasteiger partial charge in [0.25, 0.3) is 5.91 Å². The molecular formula is C22H29BrN2O3. The van der Waals surface area contributed by atoms with E-state index in [0.717, 1.165) is 40.8 Å². The van der Waals surface area contributed by atoms with Crippen LogP contribution in [0.3, 0.4) is 0 Å². The van der Waals surface area contributed by atoms with Gasteiger partial charge in [0.15, 0.2) is 18.1 Å². The van der Waals surface area contributed by atoms with Crippen LogP contribution in [0.4, 0.5) is 5.69 Å². The molecular weight excluding hydrogens is 420 g/mol. The molecule has 0 bridgehead atoms. The summed E-state index contributed by atoms with van der Waals surface area (Å²) in [5.74, 6) is 0.953. The summed E-state index contributed by atoms with van der Waals surface area (Å²) in [4.78, 5) is 12.2. The third-order valence-corrected chi connectivity index (χ3v) is 4.68. The highest BCUT2D eigenvalue weighted by Gasteiger charge is 2.14. The second-order valence-corrected chi connectivity index (χ2v) is 7.43. The van der Waals surface area contributed by atoms with Gasteiger partial charge in [-0.25, -0.2) is 0 Å². The van der Waals surface area contributed by atoms with Crippen LogP contribution in [-0.4, -0.2) is 25.7 Å². The van der Waals surface area contributed by atoms with Crippen LogP contribution in [0.5, 0.6) is 11.5 Å². The highest BCUT2D eigenvalue weighted by Crippen LogP contribution is 2.37. The average molecular weight is 449 g/mol. The Labute approximate surface area is 175 Å². The van der Waals surface area contributed by atoms with Crippen LogP contribution in [0.15, 0.2) is 40.9 Å². The van der Waals surface area contributed by atoms with E-state index in [4.69, 9.17) is 9.47 Å². The van der Waals surface area contributed by atoms with Crippen LogP contribution in [0.25, 0.3) is 0 Å². The largest absolute Gasteiger partial charge is 0.490 e. The van der Waals surface area contributed by atoms with Gasteiger partial charge >= 0.3 is 0 Å². The molecule has 0 atom stereocenters. The maximum absolute atomic E-state index is 12.2. The van der Waals surface area contributed by atoms with Crippen LogP contribution in [0.1, 0.15) is 37.8 Å². The van der Waals surface area contributed by atoms with Gasteiger partial charge in [-0.1, -0.05) is 31.0 Å². The van der Waals surface area contributed by atoms with Crippen molar-refractivity contribution < 1.29 is 14.3 Å². The number of ether oxygens (including phenoxy) is 2. The summed E-state index contributed by atoms with van der Waals surface area (Å²) in [5.41, 5.74) is 2.99. The zero-order valence-corrected chi connectivity index (χ0v) is 18.4. The predicted molar refractivity (Wildman–Crippen MR) is 117 cm³/mol. The van der Waals surface area contributed by atoms with Crippen LogP contribution in [0, 0.1) is 6.92 Å². The molecule has 152 valence electrons. The zero-order valence-electron chi connectivity index (χ0n) is 16.8. The summed E-state index contributed by atoms with van der Waals surface area (Å²) in [6.07, 6.45) is 2.31. The monoisotopic (exact) mass is 448 g/mol. The van der Waals surface area contributed by atoms with Gasteiger partial charge in [-0.2, -0.15) is 0 Å². The number of nitrogens with one attached hydrogen (secondary N) is 2. The highest BCUT2D eigenvalue weighted by atomic mass is 79.9. The van der Waals surface area contributed by atoms with E-state index in [1.54, 1.807) is 0 Å². The summed E-state index contributed by atoms with van der Waals surface area (Å²) in [6, 6.07) is 11.6. The second kappa shape index (κ2) is 11.7. The van der Waals surface area contributed by atoms with Gasteiger partial charge in [-0.15, -0.1) is 0 Å². The minimum absolute atomic E-state index is 0.0966. The van der Waals surface area contributed by atoms with Crippen molar-refractivity contribution in [3.63, 3.8) is 0 Å². The first-order valence-corrected chi connectivity index (χ1v) is 10.5. The van der Waals surface area contributed by atoms with Crippen molar-refractivity contribution in [2.75, 3.05) is 25.1 Å². The summed E-state index contributed by atoms with van der Waals surface area (Å²) < 4.78 is 12.3. The Hall–Kier alpha value is -2.05. The molecule has 28 heavy (non-hydrogen) atoms. The molecule has 2 rings (SSSR count). The lowest BCUT2D eigenvalue weighted by atomic mass is 10.2. The fraction of sp³-hybridized carbons (Fsp3) is 0.409. The topological polar surface area (TPSA) is 59.6 Å². The highest BCUT2D eigenvalue weighted by molar-refractivity contribution is 9.10. The quantitative estimate of drug-likeness (QED) is 0.471. The fourth-order valence-corrected chi connectivity index (χ4v) is 3.24. The number of aryl methyl sites for hydroxylation is 1. The van der Waals surface area contributed by atoms with Gasteiger partial charge in [0.05, 0.1) is 11.1 Å². The molecule has 2 N–H and O–H groups in total. The molecule has 0 saturated carbocycles. The second-order valence-electron chi connectivity index (χ2n) is 6.57. The number of anilines is 1. The van der Waals surface area contributed by atoms with Gasteiger partial charge in [0, 0.05) is 12.2 Å². The summed E-state index contributed by atoms with van der Waals surface area (Å²) >= 11 is 3.55. The minimum Gasteiger partial charge on any atom is -0.490 e. The van der Waals surface area contributed by atoms with Crippen molar-refractivity contribution in [3.8, 4) is 11.5 Å². The first-order valence-electron chi connectivity index (χ1n) is 9.68. The SMILES string of the molecule is CCCCNCc1cc(Br)c(OCC(=O)Nc2ccc(C)cc2)c(OCC)c1. The molecule has 2 aromatic rings. The van der Waals surface area contributed by atoms with Crippen LogP contribution in [0.2, 0.25) is 0 Å². The molecule has 0 spiro atoms. The van der Waals surface area contributed by atoms with E-state index >= 15 is 0 Å². The molecule has 0 fully saturated rings. The predicted octanol–water partition coefficient (Wildman–Crippen LogP) is 5.06. The molecule has 5 nitrogen and oxygen atoms in total. The molecule has 0 unspecified atom stereocenters. The van der Waals surface area contributed by atoms with Crippen molar-refractivity contribution in [3.05, 3.63) is 52.0 Å². The Morgan fingerprint density at radius 3 is 2.54 bits per heavy atom. The van der Waals surface area contributed by atoms with E-state index in [-0.39, 0.29) is 12.5 Å². The summed E-state index contributed by atoms with van der Waals surface area (Å²) in [5, 5.41) is 6.25. The Kier molecular flexibility index (Phi) is 9.31. The van der Waals surface area contributed by atoms with Crippen LogP contribution < -0.4 is 20.1 Å². The van der Waals surface area contributed by atoms with E-state index in [1.165, 1.54) is 6.42 Å². The van der Waals surface area contributed by atoms with Crippen molar-refractivity contribution in [1.82, 2.24) is 5.32 Å². The molecule has 6 heteroatoms. The van der Waals surface area contributed by atoms with E-state index in [9.17, 15) is 4.79 Å². The lowest BCUT2D eigenvalue weighted by Gasteiger charge is -2.16. The number of amides is 1. The molecule has 0 aliphatic rings. The Morgan fingerprint density at radius 2 is 1.86 bits per heavy atom. The Bertz CT molecular complexity index is 763. The normalized spacial score (nSPS) is 10.6. The summed E-state index contributed by atoms with van der Waals surface area (Å²) in [6.45, 7) is 8.26. The third kappa shape index (κ3) is 7.17. The molecule has 0 radical (unpaired) electrons. The number of rotatable bonds is 11. The van der Waals surface area contributed by atoms with Gasteiger partial charge in [0.1, 0.15) is 0 Å². The standard InChI is InChI=1S/C22H29BrN2O3/c1-4-6-11-24-14-17-12-19(23)22(20(13-17)27-5-2)28-15-21(26)25-18-9-7-16(3)8-10-18/h7-10,12-13,24H,4-6,11,14-15H2,1-3H3,(H,25,26). The van der Waals surface area contributed by atoms with E-state index < -0.39 is 0 Å². The lowest BCUT2D eigenvalue weighted by molar-refractivity contribution is -0.118. The van der Waals surface area contributed by atoms with Crippen molar-refractivity contribution in [2.24, 2.45) is 0 Å². The lowest BCUT2D eigenvalue weighted by Crippen LogP contribution is -2.20. The first kappa shape index (κ1) is 22.2. The third-order valence-electron chi connectivity index (χ3n) is 4.09. The number of carbonyl (C=O) groups is 1. The number of unbranched alkanes of at least 4 members (excludes halogenated alkanes) is 1. The van der Waals surface area contributed by atoms with E-state index in [2.05, 4.69) is 33.5 Å². The molecule has 2 aromatic carbocycles. The van der Waals surface area contributed by atoms with Gasteiger partial charge < -0.3 is 20.1 Å². The van der Waals surface area contributed by atoms with Crippen molar-refractivity contribution >= 4 is 27.5 Å². The molecule has 0 heterocycles. The zero-order chi connectivity index (χ0) is 20.4. The molecule has 0 saturated heterocycles. The van der Waals surface area contributed by atoms with E-state index in [0.29, 0.717) is 18.1 Å². The van der Waals surface area contributed by atoms with Crippen molar-refractivity contribution in [2.45, 2.75) is 40.2 Å². The van der Waals surface area contributed by atoms with Crippen LogP contribution >= 0.6 is 15.9 Å². The number of hydrogen-bond acceptors (Lipinski definition) is 4. The number of benzene rings is 2. The van der Waals surface area contributed by atoms with Gasteiger partial charge in [0.2, 0.25) is 0 Å². The Balaban J connectivity index is 2.00. The number of hydrogen-bond donors (Lipinski definition) is 2. The van der Waals surface area contributed by atoms with Gasteiger partial charge in [-0.3, -0.25) is 4.79 Å². The average Bonchev–Trinajstić information content (AvgIpc) is 2.67. The van der Waals surface area contributed by atoms with Gasteiger partial charge in [-0.05, 0) is 72.6 Å². The molecule has 0 aliphatic heterocycles. The number of halogens is 1. The Morgan fingerprint density at radius 1 is 1.11 bits per heavy atom. The molecule has 1 amide bonds. The van der Waals surface area contributed by atoms with Crippen LogP contribution in [-0.2, 0) is 11.3 Å². The smallest absolute Gasteiger partial charge is 0.262 e. The van der Waals surface area contributed by atoms with Crippen molar-refractivity contribution in [1.29, 1.82) is 0 Å². The summed E-state index contributed by atoms with van der Waals surface area (Å²) in [7, 11) is 0. The first-order chi connectivity index (χ1) is 13.5. The maximum Gasteiger partial charge on any atom is 0.262 e. The fourth-order valence-electron chi connectivity index (χ4n) is 2.63. The molecule has 0 aliphatic carbocycles. The molecule has 0 aromatic heterocycles. The minimum atomic E-state index is -0.219.